The minimum atomic E-state index is -0.0489. The van der Waals surface area contributed by atoms with Crippen molar-refractivity contribution in [2.24, 2.45) is 0 Å². The third-order valence-corrected chi connectivity index (χ3v) is 2.82. The lowest BCUT2D eigenvalue weighted by Crippen LogP contribution is -2.27. The van der Waals surface area contributed by atoms with E-state index in [0.29, 0.717) is 5.75 Å². The lowest BCUT2D eigenvalue weighted by atomic mass is 10.1. The summed E-state index contributed by atoms with van der Waals surface area (Å²) in [4.78, 5) is 12.9. The molecule has 0 aliphatic carbocycles. The van der Waals surface area contributed by atoms with E-state index < -0.39 is 0 Å². The van der Waals surface area contributed by atoms with E-state index >= 15 is 0 Å². The Hall–Kier alpha value is -2.29. The van der Waals surface area contributed by atoms with E-state index in [4.69, 9.17) is 4.74 Å². The minimum Gasteiger partial charge on any atom is -0.484 e. The number of hydrogen-bond acceptors (Lipinski definition) is 2. The molecular formula is C16H17NO2. The first-order chi connectivity index (χ1) is 9.16. The molecule has 0 bridgehead atoms. The van der Waals surface area contributed by atoms with Gasteiger partial charge in [-0.3, -0.25) is 4.79 Å². The van der Waals surface area contributed by atoms with E-state index in [2.05, 4.69) is 12.1 Å². The molecule has 1 amide bonds. The maximum Gasteiger partial charge on any atom is 0.259 e. The van der Waals surface area contributed by atoms with Crippen molar-refractivity contribution in [1.82, 2.24) is 4.90 Å². The average molecular weight is 255 g/mol. The van der Waals surface area contributed by atoms with E-state index in [1.165, 1.54) is 10.5 Å². The van der Waals surface area contributed by atoms with Crippen molar-refractivity contribution in [3.8, 4) is 16.9 Å². The van der Waals surface area contributed by atoms with E-state index in [0.717, 1.165) is 5.56 Å². The van der Waals surface area contributed by atoms with Gasteiger partial charge in [-0.15, -0.1) is 0 Å². The number of likely N-dealkylation sites (N-methyl/N-ethyl adjacent to an activating group) is 1. The zero-order chi connectivity index (χ0) is 13.7. The molecule has 0 N–H and O–H groups in total. The summed E-state index contributed by atoms with van der Waals surface area (Å²) < 4.78 is 5.43. The molecule has 0 fully saturated rings. The summed E-state index contributed by atoms with van der Waals surface area (Å²) >= 11 is 0. The maximum atomic E-state index is 11.4. The first kappa shape index (κ1) is 13.1. The fraction of sp³-hybridized carbons (Fsp3) is 0.188. The highest BCUT2D eigenvalue weighted by Gasteiger charge is 2.04. The number of hydrogen-bond donors (Lipinski definition) is 0. The summed E-state index contributed by atoms with van der Waals surface area (Å²) in [5, 5.41) is 0. The Morgan fingerprint density at radius 3 is 2.11 bits per heavy atom. The van der Waals surface area contributed by atoms with Crippen LogP contribution in [0.4, 0.5) is 0 Å². The highest BCUT2D eigenvalue weighted by Crippen LogP contribution is 2.21. The molecule has 0 saturated heterocycles. The van der Waals surface area contributed by atoms with Gasteiger partial charge in [0, 0.05) is 14.1 Å². The Balaban J connectivity index is 2.01. The second-order valence-electron chi connectivity index (χ2n) is 4.47. The van der Waals surface area contributed by atoms with Crippen molar-refractivity contribution in [2.75, 3.05) is 20.7 Å². The smallest absolute Gasteiger partial charge is 0.259 e. The summed E-state index contributed by atoms with van der Waals surface area (Å²) in [6.45, 7) is 0.0671. The largest absolute Gasteiger partial charge is 0.484 e. The number of amides is 1. The average Bonchev–Trinajstić information content (AvgIpc) is 2.46. The number of nitrogens with zero attached hydrogens (tertiary/aromatic N) is 1. The van der Waals surface area contributed by atoms with Gasteiger partial charge >= 0.3 is 0 Å². The fourth-order valence-electron chi connectivity index (χ4n) is 1.65. The molecule has 19 heavy (non-hydrogen) atoms. The Morgan fingerprint density at radius 1 is 0.947 bits per heavy atom. The van der Waals surface area contributed by atoms with Gasteiger partial charge in [-0.05, 0) is 23.3 Å². The third kappa shape index (κ3) is 3.58. The van der Waals surface area contributed by atoms with Gasteiger partial charge in [0.05, 0.1) is 0 Å². The van der Waals surface area contributed by atoms with Crippen LogP contribution in [0.3, 0.4) is 0 Å². The van der Waals surface area contributed by atoms with Gasteiger partial charge < -0.3 is 9.64 Å². The van der Waals surface area contributed by atoms with Crippen LogP contribution in [0.5, 0.6) is 5.75 Å². The SMILES string of the molecule is CN(C)C(=O)COc1ccc(-c2ccccc2)cc1. The molecule has 3 heteroatoms. The Bertz CT molecular complexity index is 532. The number of carbonyl (C=O) groups is 1. The Kier molecular flexibility index (Phi) is 4.18. The van der Waals surface area contributed by atoms with Crippen LogP contribution >= 0.6 is 0 Å². The molecule has 3 nitrogen and oxygen atoms in total. The lowest BCUT2D eigenvalue weighted by molar-refractivity contribution is -0.130. The van der Waals surface area contributed by atoms with Crippen molar-refractivity contribution in [3.63, 3.8) is 0 Å². The molecule has 0 spiro atoms. The highest BCUT2D eigenvalue weighted by molar-refractivity contribution is 5.77. The van der Waals surface area contributed by atoms with Gasteiger partial charge in [0.2, 0.25) is 0 Å². The Labute approximate surface area is 113 Å². The van der Waals surface area contributed by atoms with Crippen molar-refractivity contribution < 1.29 is 9.53 Å². The van der Waals surface area contributed by atoms with Crippen molar-refractivity contribution >= 4 is 5.91 Å². The summed E-state index contributed by atoms with van der Waals surface area (Å²) in [6, 6.07) is 17.9. The third-order valence-electron chi connectivity index (χ3n) is 2.82. The first-order valence-electron chi connectivity index (χ1n) is 6.15. The minimum absolute atomic E-state index is 0.0489. The molecule has 0 aliphatic heterocycles. The molecule has 0 unspecified atom stereocenters. The van der Waals surface area contributed by atoms with Crippen LogP contribution in [0.1, 0.15) is 0 Å². The van der Waals surface area contributed by atoms with E-state index in [-0.39, 0.29) is 12.5 Å². The van der Waals surface area contributed by atoms with Gasteiger partial charge in [-0.25, -0.2) is 0 Å². The zero-order valence-electron chi connectivity index (χ0n) is 11.2. The summed E-state index contributed by atoms with van der Waals surface area (Å²) in [7, 11) is 3.42. The molecule has 0 heterocycles. The standard InChI is InChI=1S/C16H17NO2/c1-17(2)16(18)12-19-15-10-8-14(9-11-15)13-6-4-3-5-7-13/h3-11H,12H2,1-2H3. The molecule has 0 atom stereocenters. The van der Waals surface area contributed by atoms with Crippen LogP contribution in [-0.4, -0.2) is 31.5 Å². The molecule has 2 aromatic rings. The van der Waals surface area contributed by atoms with Crippen LogP contribution in [-0.2, 0) is 4.79 Å². The predicted octanol–water partition coefficient (Wildman–Crippen LogP) is 2.82. The first-order valence-corrected chi connectivity index (χ1v) is 6.15. The predicted molar refractivity (Wildman–Crippen MR) is 76.1 cm³/mol. The van der Waals surface area contributed by atoms with Crippen molar-refractivity contribution in [2.45, 2.75) is 0 Å². The van der Waals surface area contributed by atoms with Crippen LogP contribution in [0.15, 0.2) is 54.6 Å². The number of benzene rings is 2. The van der Waals surface area contributed by atoms with Crippen molar-refractivity contribution in [3.05, 3.63) is 54.6 Å². The van der Waals surface area contributed by atoms with Gasteiger partial charge in [0.1, 0.15) is 5.75 Å². The van der Waals surface area contributed by atoms with E-state index in [9.17, 15) is 4.79 Å². The van der Waals surface area contributed by atoms with Gasteiger partial charge in [-0.2, -0.15) is 0 Å². The quantitative estimate of drug-likeness (QED) is 0.840. The molecule has 0 saturated carbocycles. The summed E-state index contributed by atoms with van der Waals surface area (Å²) in [5.41, 5.74) is 2.30. The highest BCUT2D eigenvalue weighted by atomic mass is 16.5. The zero-order valence-corrected chi connectivity index (χ0v) is 11.2. The van der Waals surface area contributed by atoms with Crippen LogP contribution in [0, 0.1) is 0 Å². The number of carbonyl (C=O) groups excluding carboxylic acids is 1. The van der Waals surface area contributed by atoms with Crippen LogP contribution < -0.4 is 4.74 Å². The van der Waals surface area contributed by atoms with Crippen LogP contribution in [0.25, 0.3) is 11.1 Å². The molecule has 0 radical (unpaired) electrons. The molecule has 98 valence electrons. The summed E-state index contributed by atoms with van der Waals surface area (Å²) in [5.74, 6) is 0.655. The maximum absolute atomic E-state index is 11.4. The molecule has 2 rings (SSSR count). The second-order valence-corrected chi connectivity index (χ2v) is 4.47. The fourth-order valence-corrected chi connectivity index (χ4v) is 1.65. The van der Waals surface area contributed by atoms with E-state index in [1.54, 1.807) is 14.1 Å². The van der Waals surface area contributed by atoms with Gasteiger partial charge in [0.25, 0.3) is 5.91 Å². The molecule has 0 aromatic heterocycles. The van der Waals surface area contributed by atoms with Crippen molar-refractivity contribution in [1.29, 1.82) is 0 Å². The molecular weight excluding hydrogens is 238 g/mol. The molecule has 2 aromatic carbocycles. The summed E-state index contributed by atoms with van der Waals surface area (Å²) in [6.07, 6.45) is 0. The van der Waals surface area contributed by atoms with Gasteiger partial charge in [-0.1, -0.05) is 42.5 Å². The Morgan fingerprint density at radius 2 is 1.53 bits per heavy atom. The van der Waals surface area contributed by atoms with Crippen LogP contribution in [0.2, 0.25) is 0 Å². The second kappa shape index (κ2) is 6.05. The molecule has 0 aliphatic rings. The van der Waals surface area contributed by atoms with Gasteiger partial charge in [0.15, 0.2) is 6.61 Å². The normalized spacial score (nSPS) is 10.0. The van der Waals surface area contributed by atoms with E-state index in [1.807, 2.05) is 42.5 Å². The number of rotatable bonds is 4. The monoisotopic (exact) mass is 255 g/mol. The topological polar surface area (TPSA) is 29.5 Å². The lowest BCUT2D eigenvalue weighted by Gasteiger charge is -2.11. The number of ether oxygens (including phenoxy) is 1.